The zero-order valence-electron chi connectivity index (χ0n) is 16.3. The number of ether oxygens (including phenoxy) is 2. The van der Waals surface area contributed by atoms with E-state index in [2.05, 4.69) is 10.9 Å². The summed E-state index contributed by atoms with van der Waals surface area (Å²) < 4.78 is 11.2. The predicted molar refractivity (Wildman–Crippen MR) is 110 cm³/mol. The van der Waals surface area contributed by atoms with Crippen molar-refractivity contribution >= 4 is 11.8 Å². The molecule has 3 aromatic rings. The van der Waals surface area contributed by atoms with Crippen molar-refractivity contribution < 1.29 is 19.1 Å². The van der Waals surface area contributed by atoms with E-state index < -0.39 is 11.8 Å². The Morgan fingerprint density at radius 2 is 1.38 bits per heavy atom. The molecule has 0 saturated heterocycles. The molecule has 3 aromatic carbocycles. The summed E-state index contributed by atoms with van der Waals surface area (Å²) >= 11 is 0. The molecule has 0 radical (unpaired) electrons. The summed E-state index contributed by atoms with van der Waals surface area (Å²) in [6, 6.07) is 21.7. The molecule has 0 aliphatic heterocycles. The fourth-order valence-electron chi connectivity index (χ4n) is 2.70. The van der Waals surface area contributed by atoms with Crippen LogP contribution in [0.25, 0.3) is 0 Å². The summed E-state index contributed by atoms with van der Waals surface area (Å²) in [5.74, 6) is 1.10. The minimum atomic E-state index is -0.454. The number of hydrogen-bond donors (Lipinski definition) is 2. The number of hydrogen-bond acceptors (Lipinski definition) is 4. The molecule has 0 bridgehead atoms. The third-order valence-electron chi connectivity index (χ3n) is 4.17. The average Bonchev–Trinajstić information content (AvgIpc) is 2.73. The molecular formula is C23H22N2O4. The van der Waals surface area contributed by atoms with Gasteiger partial charge in [-0.25, -0.2) is 0 Å². The molecule has 2 N–H and O–H groups in total. The first kappa shape index (κ1) is 19.9. The highest BCUT2D eigenvalue weighted by Gasteiger charge is 2.10. The van der Waals surface area contributed by atoms with E-state index in [0.717, 1.165) is 11.1 Å². The van der Waals surface area contributed by atoms with Crippen LogP contribution in [0, 0.1) is 13.8 Å². The molecule has 2 amide bonds. The minimum Gasteiger partial charge on any atom is -0.483 e. The molecule has 0 atom stereocenters. The van der Waals surface area contributed by atoms with Crippen molar-refractivity contribution in [3.05, 3.63) is 89.5 Å². The molecule has 0 unspecified atom stereocenters. The van der Waals surface area contributed by atoms with Crippen LogP contribution in [0.2, 0.25) is 0 Å². The molecule has 29 heavy (non-hydrogen) atoms. The smallest absolute Gasteiger partial charge is 0.276 e. The quantitative estimate of drug-likeness (QED) is 0.625. The van der Waals surface area contributed by atoms with E-state index >= 15 is 0 Å². The number of rotatable bonds is 6. The molecule has 0 spiro atoms. The van der Waals surface area contributed by atoms with Crippen LogP contribution in [0.5, 0.6) is 17.2 Å². The average molecular weight is 390 g/mol. The molecule has 6 nitrogen and oxygen atoms in total. The first-order valence-corrected chi connectivity index (χ1v) is 9.14. The number of carbonyl (C=O) groups is 2. The molecule has 0 saturated carbocycles. The molecule has 0 heterocycles. The zero-order chi connectivity index (χ0) is 20.6. The monoisotopic (exact) mass is 390 g/mol. The summed E-state index contributed by atoms with van der Waals surface area (Å²) in [6.07, 6.45) is 0. The van der Waals surface area contributed by atoms with E-state index in [9.17, 15) is 9.59 Å². The Kier molecular flexibility index (Phi) is 6.47. The second-order valence-electron chi connectivity index (χ2n) is 6.45. The van der Waals surface area contributed by atoms with Gasteiger partial charge in [-0.15, -0.1) is 0 Å². The largest absolute Gasteiger partial charge is 0.483 e. The van der Waals surface area contributed by atoms with Crippen molar-refractivity contribution in [3.63, 3.8) is 0 Å². The number of amides is 2. The normalized spacial score (nSPS) is 10.1. The summed E-state index contributed by atoms with van der Waals surface area (Å²) in [5.41, 5.74) is 7.00. The van der Waals surface area contributed by atoms with E-state index in [-0.39, 0.29) is 6.61 Å². The number of nitrogens with one attached hydrogen (secondary N) is 2. The number of carbonyl (C=O) groups excluding carboxylic acids is 2. The fraction of sp³-hybridized carbons (Fsp3) is 0.130. The summed E-state index contributed by atoms with van der Waals surface area (Å²) in [4.78, 5) is 24.2. The van der Waals surface area contributed by atoms with Crippen LogP contribution >= 0.6 is 0 Å². The van der Waals surface area contributed by atoms with Crippen molar-refractivity contribution in [2.24, 2.45) is 0 Å². The van der Waals surface area contributed by atoms with Crippen molar-refractivity contribution in [2.45, 2.75) is 13.8 Å². The lowest BCUT2D eigenvalue weighted by atomic mass is 10.1. The predicted octanol–water partition coefficient (Wildman–Crippen LogP) is 3.94. The first-order valence-electron chi connectivity index (χ1n) is 9.14. The van der Waals surface area contributed by atoms with Crippen LogP contribution < -0.4 is 20.3 Å². The molecule has 0 aliphatic rings. The first-order chi connectivity index (χ1) is 14.0. The summed E-state index contributed by atoms with van der Waals surface area (Å²) in [7, 11) is 0. The van der Waals surface area contributed by atoms with E-state index in [1.54, 1.807) is 24.3 Å². The van der Waals surface area contributed by atoms with Gasteiger partial charge in [0.15, 0.2) is 6.61 Å². The topological polar surface area (TPSA) is 76.7 Å². The van der Waals surface area contributed by atoms with Gasteiger partial charge in [-0.05, 0) is 61.4 Å². The highest BCUT2D eigenvalue weighted by molar-refractivity contribution is 5.95. The van der Waals surface area contributed by atoms with Gasteiger partial charge < -0.3 is 9.47 Å². The lowest BCUT2D eigenvalue weighted by molar-refractivity contribution is -0.123. The number of hydrazine groups is 1. The van der Waals surface area contributed by atoms with E-state index in [1.165, 1.54) is 0 Å². The standard InChI is InChI=1S/C23H22N2O4/c1-16-7-6-8-17(2)22(16)28-15-21(26)24-25-23(27)18-11-13-20(14-12-18)29-19-9-4-3-5-10-19/h3-14H,15H2,1-2H3,(H,24,26)(H,25,27). The lowest BCUT2D eigenvalue weighted by Gasteiger charge is -2.12. The van der Waals surface area contributed by atoms with Gasteiger partial charge in [0.2, 0.25) is 0 Å². The SMILES string of the molecule is Cc1cccc(C)c1OCC(=O)NNC(=O)c1ccc(Oc2ccccc2)cc1. The Balaban J connectivity index is 1.48. The zero-order valence-corrected chi connectivity index (χ0v) is 16.3. The van der Waals surface area contributed by atoms with Gasteiger partial charge in [0, 0.05) is 5.56 Å². The van der Waals surface area contributed by atoms with Gasteiger partial charge in [0.05, 0.1) is 0 Å². The Bertz CT molecular complexity index is 965. The van der Waals surface area contributed by atoms with Crippen LogP contribution in [-0.2, 0) is 4.79 Å². The maximum absolute atomic E-state index is 12.2. The van der Waals surface area contributed by atoms with Gasteiger partial charge in [-0.1, -0.05) is 36.4 Å². The number of aryl methyl sites for hydroxylation is 2. The lowest BCUT2D eigenvalue weighted by Crippen LogP contribution is -2.43. The highest BCUT2D eigenvalue weighted by atomic mass is 16.5. The van der Waals surface area contributed by atoms with E-state index in [1.807, 2.05) is 62.4 Å². The van der Waals surface area contributed by atoms with Crippen LogP contribution in [-0.4, -0.2) is 18.4 Å². The van der Waals surface area contributed by atoms with Crippen LogP contribution in [0.1, 0.15) is 21.5 Å². The van der Waals surface area contributed by atoms with E-state index in [4.69, 9.17) is 9.47 Å². The maximum Gasteiger partial charge on any atom is 0.276 e. The highest BCUT2D eigenvalue weighted by Crippen LogP contribution is 2.22. The van der Waals surface area contributed by atoms with Crippen LogP contribution in [0.15, 0.2) is 72.8 Å². The second kappa shape index (κ2) is 9.41. The molecule has 0 aliphatic carbocycles. The Hall–Kier alpha value is -3.80. The van der Waals surface area contributed by atoms with E-state index in [0.29, 0.717) is 22.8 Å². The maximum atomic E-state index is 12.2. The van der Waals surface area contributed by atoms with Gasteiger partial charge >= 0.3 is 0 Å². The van der Waals surface area contributed by atoms with Crippen LogP contribution in [0.4, 0.5) is 0 Å². The summed E-state index contributed by atoms with van der Waals surface area (Å²) in [6.45, 7) is 3.62. The van der Waals surface area contributed by atoms with Crippen molar-refractivity contribution in [1.82, 2.24) is 10.9 Å². The van der Waals surface area contributed by atoms with Gasteiger partial charge in [0.1, 0.15) is 17.2 Å². The summed E-state index contributed by atoms with van der Waals surface area (Å²) in [5, 5.41) is 0. The molecular weight excluding hydrogens is 368 g/mol. The number of benzene rings is 3. The van der Waals surface area contributed by atoms with Crippen molar-refractivity contribution in [1.29, 1.82) is 0 Å². The Labute approximate surface area is 169 Å². The molecule has 3 rings (SSSR count). The van der Waals surface area contributed by atoms with Crippen LogP contribution in [0.3, 0.4) is 0 Å². The third kappa shape index (κ3) is 5.59. The van der Waals surface area contributed by atoms with Gasteiger partial charge in [-0.3, -0.25) is 20.4 Å². The van der Waals surface area contributed by atoms with Crippen molar-refractivity contribution in [3.8, 4) is 17.2 Å². The fourth-order valence-corrected chi connectivity index (χ4v) is 2.70. The molecule has 0 fully saturated rings. The molecule has 0 aromatic heterocycles. The minimum absolute atomic E-state index is 0.199. The second-order valence-corrected chi connectivity index (χ2v) is 6.45. The third-order valence-corrected chi connectivity index (χ3v) is 4.17. The van der Waals surface area contributed by atoms with Gasteiger partial charge in [0.25, 0.3) is 11.8 Å². The number of para-hydroxylation sites is 2. The van der Waals surface area contributed by atoms with Gasteiger partial charge in [-0.2, -0.15) is 0 Å². The van der Waals surface area contributed by atoms with Crippen molar-refractivity contribution in [2.75, 3.05) is 6.61 Å². The Morgan fingerprint density at radius 3 is 2.03 bits per heavy atom. The Morgan fingerprint density at radius 1 is 0.759 bits per heavy atom. The molecule has 6 heteroatoms. The molecule has 148 valence electrons.